The first-order valence-corrected chi connectivity index (χ1v) is 5.52. The lowest BCUT2D eigenvalue weighted by Crippen LogP contribution is -1.99. The number of rotatable bonds is 2. The standard InChI is InChI=1S/C14H8FNO3/c15-9-1-2-12-8(5-9)6-13(19-12)11-7-16-4-3-10(11)14(17)18/h1-7H,(H,17,18). The SMILES string of the molecule is O=C(O)c1ccncc1-c1cc2cc(F)ccc2o1. The summed E-state index contributed by atoms with van der Waals surface area (Å²) in [6.07, 6.45) is 2.81. The maximum absolute atomic E-state index is 13.1. The number of aromatic nitrogens is 1. The fourth-order valence-electron chi connectivity index (χ4n) is 1.92. The van der Waals surface area contributed by atoms with Crippen LogP contribution in [0.15, 0.2) is 47.1 Å². The van der Waals surface area contributed by atoms with Crippen LogP contribution in [-0.4, -0.2) is 16.1 Å². The Bertz CT molecular complexity index is 779. The molecule has 0 atom stereocenters. The Morgan fingerprint density at radius 2 is 2.11 bits per heavy atom. The van der Waals surface area contributed by atoms with E-state index in [-0.39, 0.29) is 11.4 Å². The molecule has 0 aliphatic heterocycles. The van der Waals surface area contributed by atoms with Gasteiger partial charge in [-0.3, -0.25) is 4.98 Å². The summed E-state index contributed by atoms with van der Waals surface area (Å²) in [5.74, 6) is -1.08. The molecule has 19 heavy (non-hydrogen) atoms. The van der Waals surface area contributed by atoms with Gasteiger partial charge in [0.15, 0.2) is 0 Å². The minimum atomic E-state index is -1.07. The fraction of sp³-hybridized carbons (Fsp3) is 0. The second kappa shape index (κ2) is 4.20. The number of halogens is 1. The van der Waals surface area contributed by atoms with Crippen molar-refractivity contribution in [3.8, 4) is 11.3 Å². The molecule has 94 valence electrons. The second-order valence-corrected chi connectivity index (χ2v) is 4.02. The average Bonchev–Trinajstić information content (AvgIpc) is 2.81. The first kappa shape index (κ1) is 11.4. The van der Waals surface area contributed by atoms with Gasteiger partial charge in [0.25, 0.3) is 0 Å². The van der Waals surface area contributed by atoms with Gasteiger partial charge in [0.05, 0.1) is 11.1 Å². The van der Waals surface area contributed by atoms with Crippen molar-refractivity contribution in [2.45, 2.75) is 0 Å². The molecule has 1 aromatic carbocycles. The topological polar surface area (TPSA) is 63.3 Å². The van der Waals surface area contributed by atoms with Crippen molar-refractivity contribution in [2.75, 3.05) is 0 Å². The van der Waals surface area contributed by atoms with Crippen LogP contribution in [0.2, 0.25) is 0 Å². The summed E-state index contributed by atoms with van der Waals surface area (Å²) >= 11 is 0. The molecule has 3 rings (SSSR count). The third-order valence-electron chi connectivity index (χ3n) is 2.80. The first-order valence-electron chi connectivity index (χ1n) is 5.52. The highest BCUT2D eigenvalue weighted by Crippen LogP contribution is 2.29. The van der Waals surface area contributed by atoms with Crippen molar-refractivity contribution >= 4 is 16.9 Å². The van der Waals surface area contributed by atoms with E-state index in [0.717, 1.165) is 0 Å². The number of carbonyl (C=O) groups is 1. The zero-order chi connectivity index (χ0) is 13.4. The zero-order valence-electron chi connectivity index (χ0n) is 9.63. The highest BCUT2D eigenvalue weighted by molar-refractivity contribution is 5.96. The van der Waals surface area contributed by atoms with Gasteiger partial charge < -0.3 is 9.52 Å². The van der Waals surface area contributed by atoms with Gasteiger partial charge in [-0.1, -0.05) is 0 Å². The van der Waals surface area contributed by atoms with Gasteiger partial charge in [-0.25, -0.2) is 9.18 Å². The number of benzene rings is 1. The normalized spacial score (nSPS) is 10.8. The van der Waals surface area contributed by atoms with Crippen molar-refractivity contribution in [3.63, 3.8) is 0 Å². The van der Waals surface area contributed by atoms with Crippen LogP contribution in [0, 0.1) is 5.82 Å². The number of nitrogens with zero attached hydrogens (tertiary/aromatic N) is 1. The predicted molar refractivity (Wildman–Crippen MR) is 66.4 cm³/mol. The van der Waals surface area contributed by atoms with Gasteiger partial charge in [0, 0.05) is 17.8 Å². The Balaban J connectivity index is 2.22. The van der Waals surface area contributed by atoms with Crippen LogP contribution in [0.1, 0.15) is 10.4 Å². The highest BCUT2D eigenvalue weighted by Gasteiger charge is 2.15. The van der Waals surface area contributed by atoms with Gasteiger partial charge >= 0.3 is 5.97 Å². The predicted octanol–water partition coefficient (Wildman–Crippen LogP) is 3.33. The maximum Gasteiger partial charge on any atom is 0.336 e. The number of fused-ring (bicyclic) bond motifs is 1. The molecule has 3 aromatic rings. The molecular weight excluding hydrogens is 249 g/mol. The van der Waals surface area contributed by atoms with E-state index in [0.29, 0.717) is 22.3 Å². The summed E-state index contributed by atoms with van der Waals surface area (Å²) in [6, 6.07) is 7.12. The molecule has 0 radical (unpaired) electrons. The van der Waals surface area contributed by atoms with Crippen LogP contribution in [0.5, 0.6) is 0 Å². The van der Waals surface area contributed by atoms with Crippen LogP contribution in [0.3, 0.4) is 0 Å². The molecule has 0 saturated heterocycles. The summed E-state index contributed by atoms with van der Waals surface area (Å²) < 4.78 is 18.6. The molecule has 0 spiro atoms. The summed E-state index contributed by atoms with van der Waals surface area (Å²) in [6.45, 7) is 0. The third-order valence-corrected chi connectivity index (χ3v) is 2.80. The molecule has 0 saturated carbocycles. The number of hydrogen-bond donors (Lipinski definition) is 1. The summed E-state index contributed by atoms with van der Waals surface area (Å²) in [4.78, 5) is 15.0. The van der Waals surface area contributed by atoms with E-state index in [1.165, 1.54) is 36.7 Å². The molecule has 2 aromatic heterocycles. The number of aromatic carboxylic acids is 1. The average molecular weight is 257 g/mol. The van der Waals surface area contributed by atoms with E-state index in [2.05, 4.69) is 4.98 Å². The number of furan rings is 1. The van der Waals surface area contributed by atoms with Crippen molar-refractivity contribution in [3.05, 3.63) is 54.1 Å². The Labute approximate surface area is 107 Å². The molecule has 0 aliphatic rings. The van der Waals surface area contributed by atoms with E-state index in [4.69, 9.17) is 9.52 Å². The number of pyridine rings is 1. The maximum atomic E-state index is 13.1. The smallest absolute Gasteiger partial charge is 0.336 e. The van der Waals surface area contributed by atoms with Crippen molar-refractivity contribution in [1.29, 1.82) is 0 Å². The summed E-state index contributed by atoms with van der Waals surface area (Å²) in [5, 5.41) is 9.70. The van der Waals surface area contributed by atoms with Crippen molar-refractivity contribution < 1.29 is 18.7 Å². The van der Waals surface area contributed by atoms with Crippen LogP contribution in [-0.2, 0) is 0 Å². The Kier molecular flexibility index (Phi) is 2.52. The highest BCUT2D eigenvalue weighted by atomic mass is 19.1. The Hall–Kier alpha value is -2.69. The van der Waals surface area contributed by atoms with Gasteiger partial charge in [-0.15, -0.1) is 0 Å². The third kappa shape index (κ3) is 1.95. The molecule has 5 heteroatoms. The van der Waals surface area contributed by atoms with E-state index < -0.39 is 5.97 Å². The van der Waals surface area contributed by atoms with Crippen molar-refractivity contribution in [1.82, 2.24) is 4.98 Å². The van der Waals surface area contributed by atoms with E-state index in [9.17, 15) is 9.18 Å². The lowest BCUT2D eigenvalue weighted by Gasteiger charge is -2.00. The first-order chi connectivity index (χ1) is 9.15. The van der Waals surface area contributed by atoms with Crippen LogP contribution < -0.4 is 0 Å². The molecule has 4 nitrogen and oxygen atoms in total. The van der Waals surface area contributed by atoms with Gasteiger partial charge in [-0.2, -0.15) is 0 Å². The lowest BCUT2D eigenvalue weighted by molar-refractivity contribution is 0.0697. The number of hydrogen-bond acceptors (Lipinski definition) is 3. The second-order valence-electron chi connectivity index (χ2n) is 4.02. The van der Waals surface area contributed by atoms with Gasteiger partial charge in [0.1, 0.15) is 17.2 Å². The molecule has 0 unspecified atom stereocenters. The summed E-state index contributed by atoms with van der Waals surface area (Å²) in [7, 11) is 0. The fourth-order valence-corrected chi connectivity index (χ4v) is 1.92. The monoisotopic (exact) mass is 257 g/mol. The molecular formula is C14H8FNO3. The van der Waals surface area contributed by atoms with Crippen molar-refractivity contribution in [2.24, 2.45) is 0 Å². The van der Waals surface area contributed by atoms with E-state index in [1.807, 2.05) is 0 Å². The van der Waals surface area contributed by atoms with Crippen LogP contribution in [0.4, 0.5) is 4.39 Å². The van der Waals surface area contributed by atoms with Crippen LogP contribution in [0.25, 0.3) is 22.3 Å². The quantitative estimate of drug-likeness (QED) is 0.764. The number of carboxylic acid groups (broad SMARTS) is 1. The Morgan fingerprint density at radius 1 is 1.26 bits per heavy atom. The lowest BCUT2D eigenvalue weighted by atomic mass is 10.1. The van der Waals surface area contributed by atoms with Gasteiger partial charge in [0.2, 0.25) is 0 Å². The molecule has 0 fully saturated rings. The van der Waals surface area contributed by atoms with Gasteiger partial charge in [-0.05, 0) is 30.3 Å². The molecule has 0 bridgehead atoms. The Morgan fingerprint density at radius 3 is 2.89 bits per heavy atom. The number of carboxylic acids is 1. The summed E-state index contributed by atoms with van der Waals surface area (Å²) in [5.41, 5.74) is 0.956. The largest absolute Gasteiger partial charge is 0.478 e. The van der Waals surface area contributed by atoms with E-state index in [1.54, 1.807) is 6.07 Å². The van der Waals surface area contributed by atoms with Crippen LogP contribution >= 0.6 is 0 Å². The minimum Gasteiger partial charge on any atom is -0.478 e. The molecule has 2 heterocycles. The minimum absolute atomic E-state index is 0.0922. The zero-order valence-corrected chi connectivity index (χ0v) is 9.63. The molecule has 0 aliphatic carbocycles. The van der Waals surface area contributed by atoms with E-state index >= 15 is 0 Å². The molecule has 1 N–H and O–H groups in total. The molecule has 0 amide bonds.